The lowest BCUT2D eigenvalue weighted by Gasteiger charge is -2.27. The molecule has 1 saturated heterocycles. The van der Waals surface area contributed by atoms with E-state index >= 15 is 0 Å². The maximum Gasteiger partial charge on any atom is 0.234 e. The normalized spacial score (nSPS) is 28.1. The van der Waals surface area contributed by atoms with Gasteiger partial charge >= 0.3 is 0 Å². The molecule has 0 radical (unpaired) electrons. The number of fused-ring (bicyclic) bond motifs is 1. The Morgan fingerprint density at radius 1 is 1.40 bits per heavy atom. The van der Waals surface area contributed by atoms with Crippen LogP contribution in [-0.4, -0.2) is 23.2 Å². The van der Waals surface area contributed by atoms with Crippen molar-refractivity contribution in [1.82, 2.24) is 15.5 Å². The van der Waals surface area contributed by atoms with Gasteiger partial charge in [0.05, 0.1) is 11.3 Å². The van der Waals surface area contributed by atoms with Crippen molar-refractivity contribution < 1.29 is 4.52 Å². The number of rotatable bonds is 3. The fraction of sp³-hybridized carbons (Fsp3) is 0.500. The summed E-state index contributed by atoms with van der Waals surface area (Å²) < 4.78 is 5.61. The second kappa shape index (κ2) is 4.42. The lowest BCUT2D eigenvalue weighted by atomic mass is 9.77. The van der Waals surface area contributed by atoms with E-state index in [2.05, 4.69) is 41.7 Å². The molecule has 4 rings (SSSR count). The van der Waals surface area contributed by atoms with E-state index in [4.69, 9.17) is 9.51 Å². The highest BCUT2D eigenvalue weighted by Crippen LogP contribution is 2.40. The lowest BCUT2D eigenvalue weighted by molar-refractivity contribution is 0.283. The summed E-state index contributed by atoms with van der Waals surface area (Å²) in [6.45, 7) is 4.19. The molecule has 0 bridgehead atoms. The smallest absolute Gasteiger partial charge is 0.234 e. The van der Waals surface area contributed by atoms with Crippen LogP contribution in [0, 0.1) is 0 Å². The Morgan fingerprint density at radius 3 is 3.05 bits per heavy atom. The first-order chi connectivity index (χ1) is 9.82. The maximum atomic E-state index is 5.61. The number of nitrogens with one attached hydrogen (secondary N) is 1. The van der Waals surface area contributed by atoms with Crippen molar-refractivity contribution in [2.75, 3.05) is 13.1 Å². The van der Waals surface area contributed by atoms with E-state index in [1.807, 2.05) is 0 Å². The topological polar surface area (TPSA) is 51.0 Å². The Bertz CT molecular complexity index is 628. The van der Waals surface area contributed by atoms with Crippen LogP contribution in [0.3, 0.4) is 0 Å². The number of aromatic nitrogens is 2. The third kappa shape index (κ3) is 1.64. The molecule has 1 aliphatic carbocycles. The van der Waals surface area contributed by atoms with Crippen LogP contribution in [0.25, 0.3) is 0 Å². The van der Waals surface area contributed by atoms with Gasteiger partial charge in [-0.05, 0) is 36.9 Å². The Kier molecular flexibility index (Phi) is 2.67. The molecule has 2 unspecified atom stereocenters. The first-order valence-electron chi connectivity index (χ1n) is 7.45. The maximum absolute atomic E-state index is 5.61. The van der Waals surface area contributed by atoms with E-state index in [-0.39, 0.29) is 5.41 Å². The van der Waals surface area contributed by atoms with Crippen molar-refractivity contribution in [1.29, 1.82) is 0 Å². The summed E-state index contributed by atoms with van der Waals surface area (Å²) in [6.07, 6.45) is 3.17. The van der Waals surface area contributed by atoms with Gasteiger partial charge in [0.1, 0.15) is 0 Å². The van der Waals surface area contributed by atoms with Gasteiger partial charge in [-0.2, -0.15) is 4.98 Å². The van der Waals surface area contributed by atoms with Crippen molar-refractivity contribution in [2.24, 2.45) is 0 Å². The molecule has 1 N–H and O–H groups in total. The van der Waals surface area contributed by atoms with Crippen molar-refractivity contribution >= 4 is 0 Å². The highest BCUT2D eigenvalue weighted by atomic mass is 16.5. The summed E-state index contributed by atoms with van der Waals surface area (Å²) in [5, 5.41) is 7.68. The summed E-state index contributed by atoms with van der Waals surface area (Å²) in [6, 6.07) is 8.53. The van der Waals surface area contributed by atoms with Crippen LogP contribution in [0.1, 0.15) is 48.5 Å². The second-order valence-corrected chi connectivity index (χ2v) is 5.97. The van der Waals surface area contributed by atoms with Gasteiger partial charge in [0.25, 0.3) is 0 Å². The largest absolute Gasteiger partial charge is 0.339 e. The third-order valence-electron chi connectivity index (χ3n) is 4.98. The molecule has 1 aliphatic heterocycles. The van der Waals surface area contributed by atoms with Crippen LogP contribution in [0.4, 0.5) is 0 Å². The van der Waals surface area contributed by atoms with Gasteiger partial charge in [0.15, 0.2) is 5.82 Å². The molecule has 1 fully saturated rings. The summed E-state index contributed by atoms with van der Waals surface area (Å²) in [7, 11) is 0. The van der Waals surface area contributed by atoms with E-state index < -0.39 is 0 Å². The van der Waals surface area contributed by atoms with Crippen LogP contribution < -0.4 is 5.32 Å². The first kappa shape index (κ1) is 12.1. The van der Waals surface area contributed by atoms with E-state index in [0.717, 1.165) is 44.1 Å². The zero-order chi connectivity index (χ0) is 13.6. The zero-order valence-corrected chi connectivity index (χ0v) is 11.7. The number of hydrogen-bond acceptors (Lipinski definition) is 4. The van der Waals surface area contributed by atoms with Gasteiger partial charge in [-0.25, -0.2) is 0 Å². The molecule has 4 nitrogen and oxygen atoms in total. The van der Waals surface area contributed by atoms with Crippen molar-refractivity contribution in [2.45, 2.75) is 37.5 Å². The molecule has 2 heterocycles. The molecular weight excluding hydrogens is 250 g/mol. The molecule has 2 atom stereocenters. The molecule has 1 aromatic carbocycles. The van der Waals surface area contributed by atoms with Gasteiger partial charge in [0, 0.05) is 6.54 Å². The van der Waals surface area contributed by atoms with E-state index in [1.165, 1.54) is 11.1 Å². The Labute approximate surface area is 118 Å². The summed E-state index contributed by atoms with van der Waals surface area (Å²) in [5.41, 5.74) is 2.82. The van der Waals surface area contributed by atoms with Crippen LogP contribution in [0.15, 0.2) is 28.8 Å². The number of nitrogens with zero attached hydrogens (tertiary/aromatic N) is 2. The summed E-state index contributed by atoms with van der Waals surface area (Å²) >= 11 is 0. The highest BCUT2D eigenvalue weighted by molar-refractivity contribution is 5.43. The highest BCUT2D eigenvalue weighted by Gasteiger charge is 2.40. The van der Waals surface area contributed by atoms with Crippen molar-refractivity contribution in [3.05, 3.63) is 47.1 Å². The standard InChI is InChI=1S/C16H19N3O/c1-2-16(7-8-17-10-16)15-18-14(19-20-15)13-9-11-5-3-4-6-12(11)13/h3-6,13,17H,2,7-10H2,1H3. The fourth-order valence-electron chi connectivity index (χ4n) is 3.46. The van der Waals surface area contributed by atoms with E-state index in [1.54, 1.807) is 0 Å². The average Bonchev–Trinajstić information content (AvgIpc) is 3.09. The first-order valence-corrected chi connectivity index (χ1v) is 7.45. The van der Waals surface area contributed by atoms with E-state index in [0.29, 0.717) is 5.92 Å². The Hall–Kier alpha value is -1.68. The van der Waals surface area contributed by atoms with Gasteiger partial charge in [0.2, 0.25) is 5.89 Å². The minimum atomic E-state index is 0.0501. The molecule has 2 aliphatic rings. The monoisotopic (exact) mass is 269 g/mol. The van der Waals surface area contributed by atoms with Crippen LogP contribution in [0.2, 0.25) is 0 Å². The van der Waals surface area contributed by atoms with Crippen molar-refractivity contribution in [3.8, 4) is 0 Å². The fourth-order valence-corrected chi connectivity index (χ4v) is 3.46. The zero-order valence-electron chi connectivity index (χ0n) is 11.7. The Balaban J connectivity index is 1.64. The lowest BCUT2D eigenvalue weighted by Crippen LogP contribution is -2.28. The molecule has 4 heteroatoms. The Morgan fingerprint density at radius 2 is 2.30 bits per heavy atom. The van der Waals surface area contributed by atoms with Gasteiger partial charge in [-0.1, -0.05) is 36.3 Å². The van der Waals surface area contributed by atoms with Gasteiger partial charge in [-0.15, -0.1) is 0 Å². The average molecular weight is 269 g/mol. The minimum Gasteiger partial charge on any atom is -0.339 e. The molecule has 20 heavy (non-hydrogen) atoms. The number of benzene rings is 1. The molecule has 0 saturated carbocycles. The molecule has 0 amide bonds. The summed E-state index contributed by atoms with van der Waals surface area (Å²) in [5.74, 6) is 2.01. The summed E-state index contributed by atoms with van der Waals surface area (Å²) in [4.78, 5) is 4.74. The molecular formula is C16H19N3O. The predicted molar refractivity (Wildman–Crippen MR) is 75.7 cm³/mol. The third-order valence-corrected chi connectivity index (χ3v) is 4.98. The van der Waals surface area contributed by atoms with Crippen LogP contribution >= 0.6 is 0 Å². The van der Waals surface area contributed by atoms with E-state index in [9.17, 15) is 0 Å². The molecule has 104 valence electrons. The molecule has 0 spiro atoms. The second-order valence-electron chi connectivity index (χ2n) is 5.97. The van der Waals surface area contributed by atoms with Crippen molar-refractivity contribution in [3.63, 3.8) is 0 Å². The molecule has 2 aromatic rings. The van der Waals surface area contributed by atoms with Crippen LogP contribution in [0.5, 0.6) is 0 Å². The molecule has 1 aromatic heterocycles. The minimum absolute atomic E-state index is 0.0501. The predicted octanol–water partition coefficient (Wildman–Crippen LogP) is 2.40. The van der Waals surface area contributed by atoms with Gasteiger partial charge in [-0.3, -0.25) is 0 Å². The SMILES string of the molecule is CCC1(c2nc(C3Cc4ccccc43)no2)CCNC1. The number of hydrogen-bond donors (Lipinski definition) is 1. The van der Waals surface area contributed by atoms with Crippen LogP contribution in [-0.2, 0) is 11.8 Å². The quantitative estimate of drug-likeness (QED) is 0.929. The van der Waals surface area contributed by atoms with Gasteiger partial charge < -0.3 is 9.84 Å².